The predicted molar refractivity (Wildman–Crippen MR) is 84.5 cm³/mol. The molecule has 0 unspecified atom stereocenters. The molecule has 7 heteroatoms. The van der Waals surface area contributed by atoms with E-state index in [4.69, 9.17) is 0 Å². The van der Waals surface area contributed by atoms with E-state index in [1.165, 1.54) is 19.3 Å². The average molecular weight is 377 g/mol. The summed E-state index contributed by atoms with van der Waals surface area (Å²) in [6, 6.07) is 0. The predicted octanol–water partition coefficient (Wildman–Crippen LogP) is 2.57. The van der Waals surface area contributed by atoms with Crippen molar-refractivity contribution < 1.29 is 16.8 Å². The minimum absolute atomic E-state index is 0.115. The monoisotopic (exact) mass is 376 g/mol. The van der Waals surface area contributed by atoms with E-state index in [9.17, 15) is 16.8 Å². The highest BCUT2D eigenvalue weighted by Crippen LogP contribution is 2.09. The van der Waals surface area contributed by atoms with Crippen LogP contribution in [0.3, 0.4) is 0 Å². The summed E-state index contributed by atoms with van der Waals surface area (Å²) >= 11 is 3.38. The largest absolute Gasteiger partial charge is 0.229 e. The molecule has 0 heterocycles. The van der Waals surface area contributed by atoms with Gasteiger partial charge in [-0.2, -0.15) is 0 Å². The van der Waals surface area contributed by atoms with Gasteiger partial charge in [0.25, 0.3) is 0 Å². The van der Waals surface area contributed by atoms with E-state index in [1.54, 1.807) is 0 Å². The van der Waals surface area contributed by atoms with E-state index in [0.29, 0.717) is 6.42 Å². The molecule has 0 saturated carbocycles. The van der Waals surface area contributed by atoms with Crippen LogP contribution in [-0.4, -0.2) is 45.7 Å². The van der Waals surface area contributed by atoms with E-state index in [2.05, 4.69) is 15.9 Å². The van der Waals surface area contributed by atoms with Gasteiger partial charge in [0.2, 0.25) is 0 Å². The van der Waals surface area contributed by atoms with Gasteiger partial charge in [-0.1, -0.05) is 48.0 Å². The molecule has 0 fully saturated rings. The van der Waals surface area contributed by atoms with Crippen LogP contribution in [0.2, 0.25) is 0 Å². The number of hydrogen-bond donors (Lipinski definition) is 0. The fraction of sp³-hybridized carbons (Fsp3) is 1.00. The summed E-state index contributed by atoms with van der Waals surface area (Å²) in [6.07, 6.45) is 8.44. The molecule has 0 aliphatic rings. The quantitative estimate of drug-likeness (QED) is 0.387. The van der Waals surface area contributed by atoms with E-state index in [1.807, 2.05) is 0 Å². The Labute approximate surface area is 126 Å². The normalized spacial score (nSPS) is 12.7. The first kappa shape index (κ1) is 19.4. The molecule has 0 aliphatic heterocycles. The third kappa shape index (κ3) is 14.6. The Balaban J connectivity index is 3.59. The molecule has 0 N–H and O–H groups in total. The zero-order chi connectivity index (χ0) is 14.8. The third-order valence-corrected chi connectivity index (χ3v) is 6.36. The van der Waals surface area contributed by atoms with Crippen LogP contribution in [0.25, 0.3) is 0 Å². The number of sulfone groups is 2. The lowest BCUT2D eigenvalue weighted by Gasteiger charge is -2.04. The Bertz CT molecular complexity index is 415. The smallest absolute Gasteiger partial charge is 0.151 e. The van der Waals surface area contributed by atoms with Crippen molar-refractivity contribution in [3.05, 3.63) is 0 Å². The number of alkyl halides is 1. The summed E-state index contributed by atoms with van der Waals surface area (Å²) in [5.74, 6) is -0.386. The first-order chi connectivity index (χ1) is 8.77. The molecule has 0 aromatic rings. The topological polar surface area (TPSA) is 68.3 Å². The number of halogens is 1. The van der Waals surface area contributed by atoms with Crippen molar-refractivity contribution in [3.63, 3.8) is 0 Å². The van der Waals surface area contributed by atoms with Gasteiger partial charge in [-0.05, 0) is 12.8 Å². The highest BCUT2D eigenvalue weighted by atomic mass is 79.9. The second kappa shape index (κ2) is 10.2. The second-order valence-electron chi connectivity index (χ2n) is 4.95. The number of rotatable bonds is 12. The van der Waals surface area contributed by atoms with Gasteiger partial charge in [-0.25, -0.2) is 16.8 Å². The van der Waals surface area contributed by atoms with Gasteiger partial charge in [0.1, 0.15) is 9.84 Å². The van der Waals surface area contributed by atoms with Gasteiger partial charge in [-0.15, -0.1) is 0 Å². The molecular formula is C12H25BrO4S2. The number of unbranched alkanes of at least 4 members (excludes halogenated alkanes) is 6. The highest BCUT2D eigenvalue weighted by molar-refractivity contribution is 9.09. The van der Waals surface area contributed by atoms with E-state index >= 15 is 0 Å². The molecule has 0 bridgehead atoms. The molecule has 19 heavy (non-hydrogen) atoms. The fourth-order valence-electron chi connectivity index (χ4n) is 1.68. The highest BCUT2D eigenvalue weighted by Gasteiger charge is 2.14. The molecule has 0 aromatic heterocycles. The molecule has 0 radical (unpaired) electrons. The van der Waals surface area contributed by atoms with Crippen LogP contribution < -0.4 is 0 Å². The Morgan fingerprint density at radius 2 is 1.16 bits per heavy atom. The van der Waals surface area contributed by atoms with Crippen molar-refractivity contribution in [3.8, 4) is 0 Å². The zero-order valence-electron chi connectivity index (χ0n) is 11.6. The summed E-state index contributed by atoms with van der Waals surface area (Å²) < 4.78 is 45.0. The average Bonchev–Trinajstić information content (AvgIpc) is 2.29. The third-order valence-electron chi connectivity index (χ3n) is 2.85. The van der Waals surface area contributed by atoms with Gasteiger partial charge >= 0.3 is 0 Å². The van der Waals surface area contributed by atoms with Crippen LogP contribution in [0, 0.1) is 0 Å². The molecule has 4 nitrogen and oxygen atoms in total. The summed E-state index contributed by atoms with van der Waals surface area (Å²) in [5, 5.41) is 1.05. The van der Waals surface area contributed by atoms with E-state index < -0.39 is 19.7 Å². The molecule has 0 spiro atoms. The Hall–Kier alpha value is 0.380. The van der Waals surface area contributed by atoms with Gasteiger partial charge in [0.15, 0.2) is 9.84 Å². The Morgan fingerprint density at radius 3 is 1.63 bits per heavy atom. The van der Waals surface area contributed by atoms with Crippen LogP contribution in [0.5, 0.6) is 0 Å². The minimum atomic E-state index is -3.20. The van der Waals surface area contributed by atoms with Gasteiger partial charge in [0.05, 0.1) is 17.3 Å². The Kier molecular flexibility index (Phi) is 10.4. The summed E-state index contributed by atoms with van der Waals surface area (Å²) in [5.41, 5.74) is 0. The zero-order valence-corrected chi connectivity index (χ0v) is 14.8. The first-order valence-corrected chi connectivity index (χ1v) is 11.7. The minimum Gasteiger partial charge on any atom is -0.229 e. The van der Waals surface area contributed by atoms with Crippen LogP contribution in [0.4, 0.5) is 0 Å². The fourth-order valence-corrected chi connectivity index (χ4v) is 5.15. The summed E-state index contributed by atoms with van der Waals surface area (Å²) in [4.78, 5) is 0. The van der Waals surface area contributed by atoms with E-state index in [-0.39, 0.29) is 17.3 Å². The standard InChI is InChI=1S/C12H25BrO4S2/c1-18(14,15)11-12-19(16,17)10-8-6-4-2-3-5-7-9-13/h2-12H2,1H3. The van der Waals surface area contributed by atoms with Crippen LogP contribution >= 0.6 is 15.9 Å². The van der Waals surface area contributed by atoms with Crippen LogP contribution in [-0.2, 0) is 19.7 Å². The lowest BCUT2D eigenvalue weighted by atomic mass is 10.1. The number of hydrogen-bond acceptors (Lipinski definition) is 4. The van der Waals surface area contributed by atoms with Gasteiger partial charge < -0.3 is 0 Å². The van der Waals surface area contributed by atoms with Gasteiger partial charge in [-0.3, -0.25) is 0 Å². The maximum Gasteiger partial charge on any atom is 0.151 e. The molecule has 0 aromatic carbocycles. The second-order valence-corrected chi connectivity index (χ2v) is 10.3. The molecule has 0 atom stereocenters. The van der Waals surface area contributed by atoms with Crippen molar-refractivity contribution in [1.29, 1.82) is 0 Å². The summed E-state index contributed by atoms with van der Waals surface area (Å²) in [6.45, 7) is 0. The molecular weight excluding hydrogens is 352 g/mol. The van der Waals surface area contributed by atoms with Crippen LogP contribution in [0.15, 0.2) is 0 Å². The molecule has 0 rings (SSSR count). The first-order valence-electron chi connectivity index (χ1n) is 6.71. The Morgan fingerprint density at radius 1 is 0.684 bits per heavy atom. The molecule has 0 amide bonds. The lowest BCUT2D eigenvalue weighted by Crippen LogP contribution is -2.18. The van der Waals surface area contributed by atoms with Crippen molar-refractivity contribution in [1.82, 2.24) is 0 Å². The molecule has 116 valence electrons. The maximum atomic E-state index is 11.6. The van der Waals surface area contributed by atoms with Crippen molar-refractivity contribution in [2.75, 3.05) is 28.8 Å². The van der Waals surface area contributed by atoms with Crippen LogP contribution in [0.1, 0.15) is 44.9 Å². The van der Waals surface area contributed by atoms with Crippen molar-refractivity contribution in [2.24, 2.45) is 0 Å². The van der Waals surface area contributed by atoms with Crippen molar-refractivity contribution >= 4 is 35.6 Å². The molecule has 0 aliphatic carbocycles. The van der Waals surface area contributed by atoms with E-state index in [0.717, 1.165) is 30.8 Å². The van der Waals surface area contributed by atoms with Crippen molar-refractivity contribution in [2.45, 2.75) is 44.9 Å². The van der Waals surface area contributed by atoms with Gasteiger partial charge in [0, 0.05) is 11.6 Å². The lowest BCUT2D eigenvalue weighted by molar-refractivity contribution is 0.578. The maximum absolute atomic E-state index is 11.6. The molecule has 0 saturated heterocycles. The SMILES string of the molecule is CS(=O)(=O)CCS(=O)(=O)CCCCCCCCCBr. The summed E-state index contributed by atoms with van der Waals surface area (Å²) in [7, 11) is -6.39.